The average Bonchev–Trinajstić information content (AvgIpc) is 2.96. The zero-order chi connectivity index (χ0) is 17.9. The Bertz CT molecular complexity index is 1130. The van der Waals surface area contributed by atoms with E-state index in [9.17, 15) is 5.11 Å². The van der Waals surface area contributed by atoms with Crippen LogP contribution in [0.15, 0.2) is 71.0 Å². The summed E-state index contributed by atoms with van der Waals surface area (Å²) in [6, 6.07) is 8.25. The van der Waals surface area contributed by atoms with Gasteiger partial charge in [0, 0.05) is 22.4 Å². The highest BCUT2D eigenvalue weighted by molar-refractivity contribution is 6.09. The molecule has 0 bridgehead atoms. The van der Waals surface area contributed by atoms with Crippen LogP contribution in [0.3, 0.4) is 0 Å². The fraction of sp³-hybridized carbons (Fsp3) is 0. The summed E-state index contributed by atoms with van der Waals surface area (Å²) < 4.78 is 45.6. The van der Waals surface area contributed by atoms with Crippen molar-refractivity contribution in [3.63, 3.8) is 0 Å². The molecule has 3 aromatic carbocycles. The molecule has 0 radical (unpaired) electrons. The summed E-state index contributed by atoms with van der Waals surface area (Å²) >= 11 is 0. The molecule has 1 N–H and O–H groups in total. The average molecular weight is 265 g/mol. The summed E-state index contributed by atoms with van der Waals surface area (Å²) in [7, 11) is 0. The Morgan fingerprint density at radius 2 is 1.80 bits per heavy atom. The second kappa shape index (κ2) is 4.14. The third-order valence-corrected chi connectivity index (χ3v) is 3.25. The van der Waals surface area contributed by atoms with Crippen LogP contribution >= 0.6 is 0 Å². The summed E-state index contributed by atoms with van der Waals surface area (Å²) in [5.74, 6) is 0.0657. The molecule has 2 nitrogen and oxygen atoms in total. The van der Waals surface area contributed by atoms with E-state index in [-0.39, 0.29) is 35.5 Å². The molecular formula is C18H12O2. The van der Waals surface area contributed by atoms with Gasteiger partial charge >= 0.3 is 0 Å². The highest BCUT2D eigenvalue weighted by atomic mass is 16.3. The van der Waals surface area contributed by atoms with Gasteiger partial charge in [-0.05, 0) is 17.7 Å². The SMILES string of the molecule is [2H]c1c([2H])c([2H])c(-c2cccc3c2oc2cc(O)ccc23)c([2H])c1[2H]. The smallest absolute Gasteiger partial charge is 0.143 e. The van der Waals surface area contributed by atoms with Gasteiger partial charge in [0.1, 0.15) is 16.9 Å². The van der Waals surface area contributed by atoms with Gasteiger partial charge in [-0.1, -0.05) is 48.4 Å². The maximum Gasteiger partial charge on any atom is 0.143 e. The van der Waals surface area contributed by atoms with E-state index in [4.69, 9.17) is 11.3 Å². The fourth-order valence-electron chi connectivity index (χ4n) is 2.37. The third-order valence-electron chi connectivity index (χ3n) is 3.25. The Kier molecular flexibility index (Phi) is 1.48. The number of hydrogen-bond acceptors (Lipinski definition) is 2. The van der Waals surface area contributed by atoms with Crippen molar-refractivity contribution in [2.45, 2.75) is 0 Å². The zero-order valence-corrected chi connectivity index (χ0v) is 10.3. The number of rotatable bonds is 1. The molecule has 1 heterocycles. The van der Waals surface area contributed by atoms with E-state index >= 15 is 0 Å². The first kappa shape index (κ1) is 7.15. The number of benzene rings is 3. The van der Waals surface area contributed by atoms with E-state index < -0.39 is 6.04 Å². The number of aromatic hydroxyl groups is 1. The van der Waals surface area contributed by atoms with Crippen LogP contribution in [-0.2, 0) is 0 Å². The lowest BCUT2D eigenvalue weighted by atomic mass is 10.0. The van der Waals surface area contributed by atoms with E-state index in [0.29, 0.717) is 16.7 Å². The lowest BCUT2D eigenvalue weighted by Crippen LogP contribution is -1.77. The Balaban J connectivity index is 2.14. The van der Waals surface area contributed by atoms with Crippen molar-refractivity contribution in [1.29, 1.82) is 0 Å². The molecule has 2 heteroatoms. The van der Waals surface area contributed by atoms with Crippen molar-refractivity contribution >= 4 is 21.9 Å². The number of fused-ring (bicyclic) bond motifs is 3. The van der Waals surface area contributed by atoms with Crippen molar-refractivity contribution in [3.8, 4) is 16.9 Å². The molecule has 20 heavy (non-hydrogen) atoms. The molecule has 0 aliphatic rings. The van der Waals surface area contributed by atoms with Crippen LogP contribution in [0.4, 0.5) is 0 Å². The Hall–Kier alpha value is -2.74. The molecule has 4 aromatic rings. The number of phenols is 1. The molecule has 0 saturated heterocycles. The molecule has 1 aromatic heterocycles. The predicted octanol–water partition coefficient (Wildman–Crippen LogP) is 4.96. The normalized spacial score (nSPS) is 14.7. The second-order valence-corrected chi connectivity index (χ2v) is 4.46. The van der Waals surface area contributed by atoms with Gasteiger partial charge in [0.2, 0.25) is 0 Å². The lowest BCUT2D eigenvalue weighted by molar-refractivity contribution is 0.475. The first-order valence-electron chi connectivity index (χ1n) is 8.61. The highest BCUT2D eigenvalue weighted by Crippen LogP contribution is 2.36. The topological polar surface area (TPSA) is 33.4 Å². The van der Waals surface area contributed by atoms with Crippen molar-refractivity contribution in [2.24, 2.45) is 0 Å². The first-order chi connectivity index (χ1) is 11.9. The highest BCUT2D eigenvalue weighted by Gasteiger charge is 2.11. The Labute approximate surface area is 122 Å². The van der Waals surface area contributed by atoms with Crippen molar-refractivity contribution in [1.82, 2.24) is 0 Å². The lowest BCUT2D eigenvalue weighted by Gasteiger charge is -2.01. The quantitative estimate of drug-likeness (QED) is 0.527. The van der Waals surface area contributed by atoms with E-state index in [1.807, 2.05) is 6.07 Å². The van der Waals surface area contributed by atoms with E-state index in [2.05, 4.69) is 0 Å². The van der Waals surface area contributed by atoms with Crippen molar-refractivity contribution in [3.05, 3.63) is 66.6 Å². The number of hydrogen-bond donors (Lipinski definition) is 1. The van der Waals surface area contributed by atoms with Gasteiger partial charge in [-0.2, -0.15) is 0 Å². The van der Waals surface area contributed by atoms with Gasteiger partial charge in [-0.25, -0.2) is 0 Å². The number of furan rings is 1. The molecule has 0 fully saturated rings. The van der Waals surface area contributed by atoms with Crippen LogP contribution in [0.1, 0.15) is 6.85 Å². The minimum Gasteiger partial charge on any atom is -0.508 e. The number of phenolic OH excluding ortho intramolecular Hbond substituents is 1. The molecule has 4 rings (SSSR count). The summed E-state index contributed by atoms with van der Waals surface area (Å²) in [4.78, 5) is 0. The minimum atomic E-state index is -0.430. The molecule has 96 valence electrons. The molecule has 0 unspecified atom stereocenters. The molecule has 0 aliphatic heterocycles. The Morgan fingerprint density at radius 1 is 0.950 bits per heavy atom. The van der Waals surface area contributed by atoms with Gasteiger partial charge < -0.3 is 9.52 Å². The summed E-state index contributed by atoms with van der Waals surface area (Å²) in [6.07, 6.45) is 0. The maximum absolute atomic E-state index is 9.64. The van der Waals surface area contributed by atoms with Crippen LogP contribution in [-0.4, -0.2) is 5.11 Å². The number of para-hydroxylation sites is 1. The monoisotopic (exact) mass is 265 g/mol. The molecule has 0 saturated carbocycles. The van der Waals surface area contributed by atoms with Crippen LogP contribution in [0, 0.1) is 0 Å². The summed E-state index contributed by atoms with van der Waals surface area (Å²) in [5, 5.41) is 11.2. The van der Waals surface area contributed by atoms with E-state index in [1.54, 1.807) is 24.3 Å². The molecule has 0 aliphatic carbocycles. The first-order valence-corrected chi connectivity index (χ1v) is 6.11. The van der Waals surface area contributed by atoms with Gasteiger partial charge in [-0.3, -0.25) is 0 Å². The van der Waals surface area contributed by atoms with Crippen LogP contribution < -0.4 is 0 Å². The minimum absolute atomic E-state index is 0.0657. The second-order valence-electron chi connectivity index (χ2n) is 4.46. The van der Waals surface area contributed by atoms with E-state index in [1.165, 1.54) is 6.07 Å². The molecule has 0 spiro atoms. The maximum atomic E-state index is 9.64. The summed E-state index contributed by atoms with van der Waals surface area (Å²) in [5.41, 5.74) is 1.40. The van der Waals surface area contributed by atoms with Crippen molar-refractivity contribution < 1.29 is 16.4 Å². The van der Waals surface area contributed by atoms with Gasteiger partial charge in [-0.15, -0.1) is 0 Å². The van der Waals surface area contributed by atoms with Gasteiger partial charge in [0.05, 0.1) is 6.85 Å². The molecular weight excluding hydrogens is 248 g/mol. The summed E-state index contributed by atoms with van der Waals surface area (Å²) in [6.45, 7) is 0. The zero-order valence-electron chi connectivity index (χ0n) is 15.3. The van der Waals surface area contributed by atoms with Crippen LogP contribution in [0.2, 0.25) is 0 Å². The van der Waals surface area contributed by atoms with Crippen molar-refractivity contribution in [2.75, 3.05) is 0 Å². The third kappa shape index (κ3) is 1.58. The predicted molar refractivity (Wildman–Crippen MR) is 80.8 cm³/mol. The molecule has 0 atom stereocenters. The van der Waals surface area contributed by atoms with Crippen LogP contribution in [0.5, 0.6) is 5.75 Å². The van der Waals surface area contributed by atoms with E-state index in [0.717, 1.165) is 10.8 Å². The largest absolute Gasteiger partial charge is 0.508 e. The fourth-order valence-corrected chi connectivity index (χ4v) is 2.37. The standard InChI is InChI=1S/C18H12O2/c19-13-9-10-15-16-8-4-7-14(12-5-2-1-3-6-12)18(16)20-17(15)11-13/h1-11,19H/i1D,2D,3D,5D,6D. The van der Waals surface area contributed by atoms with Gasteiger partial charge in [0.15, 0.2) is 0 Å². The van der Waals surface area contributed by atoms with Gasteiger partial charge in [0.25, 0.3) is 0 Å². The van der Waals surface area contributed by atoms with Crippen LogP contribution in [0.25, 0.3) is 33.1 Å². The molecule has 0 amide bonds. The Morgan fingerprint density at radius 3 is 2.65 bits per heavy atom.